The van der Waals surface area contributed by atoms with Crippen molar-refractivity contribution >= 4 is 17.7 Å². The van der Waals surface area contributed by atoms with Crippen LogP contribution in [0.3, 0.4) is 0 Å². The molecule has 2 heterocycles. The van der Waals surface area contributed by atoms with E-state index in [1.807, 2.05) is 18.2 Å². The summed E-state index contributed by atoms with van der Waals surface area (Å²) < 4.78 is 12.2. The summed E-state index contributed by atoms with van der Waals surface area (Å²) in [4.78, 5) is 31.3. The maximum Gasteiger partial charge on any atom is 0.256 e. The smallest absolute Gasteiger partial charge is 0.256 e. The van der Waals surface area contributed by atoms with Crippen molar-refractivity contribution in [1.82, 2.24) is 14.5 Å². The molecule has 1 aromatic heterocycles. The van der Waals surface area contributed by atoms with Gasteiger partial charge in [0.25, 0.3) is 5.56 Å². The first-order valence-corrected chi connectivity index (χ1v) is 9.66. The second kappa shape index (κ2) is 8.04. The van der Waals surface area contributed by atoms with E-state index in [-0.39, 0.29) is 23.4 Å². The molecule has 7 nitrogen and oxygen atoms in total. The summed E-state index contributed by atoms with van der Waals surface area (Å²) in [5.41, 5.74) is 1.95. The fraction of sp³-hybridized carbons (Fsp3) is 0.421. The van der Waals surface area contributed by atoms with E-state index in [1.54, 1.807) is 44.7 Å². The van der Waals surface area contributed by atoms with Crippen molar-refractivity contribution in [3.05, 3.63) is 51.7 Å². The van der Waals surface area contributed by atoms with Crippen molar-refractivity contribution < 1.29 is 14.3 Å². The quantitative estimate of drug-likeness (QED) is 0.780. The molecule has 27 heavy (non-hydrogen) atoms. The molecule has 1 aliphatic rings. The number of aromatic nitrogens is 2. The van der Waals surface area contributed by atoms with E-state index in [0.29, 0.717) is 29.3 Å². The van der Waals surface area contributed by atoms with E-state index >= 15 is 0 Å². The molecule has 144 valence electrons. The van der Waals surface area contributed by atoms with Crippen LogP contribution in [-0.4, -0.2) is 46.9 Å². The number of hydrogen-bond acceptors (Lipinski definition) is 6. The van der Waals surface area contributed by atoms with Crippen LogP contribution in [0.25, 0.3) is 0 Å². The Labute approximate surface area is 162 Å². The average Bonchev–Trinajstić information content (AvgIpc) is 3.17. The summed E-state index contributed by atoms with van der Waals surface area (Å²) in [6, 6.07) is 5.56. The summed E-state index contributed by atoms with van der Waals surface area (Å²) in [6.45, 7) is 4.09. The molecule has 1 aromatic carbocycles. The van der Waals surface area contributed by atoms with Crippen LogP contribution in [0.4, 0.5) is 0 Å². The molecule has 1 atom stereocenters. The van der Waals surface area contributed by atoms with E-state index in [9.17, 15) is 9.59 Å². The van der Waals surface area contributed by atoms with Crippen LogP contribution in [-0.2, 0) is 11.3 Å². The molecule has 0 N–H and O–H groups in total. The number of benzene rings is 1. The number of amides is 1. The van der Waals surface area contributed by atoms with Crippen molar-refractivity contribution in [2.45, 2.75) is 25.8 Å². The lowest BCUT2D eigenvalue weighted by Crippen LogP contribution is -2.37. The minimum Gasteiger partial charge on any atom is -0.497 e. The van der Waals surface area contributed by atoms with Crippen molar-refractivity contribution in [1.29, 1.82) is 0 Å². The highest BCUT2D eigenvalue weighted by atomic mass is 32.2. The molecular weight excluding hydrogens is 366 g/mol. The van der Waals surface area contributed by atoms with Crippen molar-refractivity contribution in [3.8, 4) is 11.5 Å². The van der Waals surface area contributed by atoms with E-state index in [1.165, 1.54) is 10.9 Å². The third-order valence-corrected chi connectivity index (χ3v) is 5.98. The van der Waals surface area contributed by atoms with Gasteiger partial charge in [-0.1, -0.05) is 0 Å². The second-order valence-electron chi connectivity index (χ2n) is 6.31. The van der Waals surface area contributed by atoms with Crippen LogP contribution in [0.1, 0.15) is 22.2 Å². The topological polar surface area (TPSA) is 73.7 Å². The minimum atomic E-state index is -0.183. The van der Waals surface area contributed by atoms with Gasteiger partial charge in [-0.3, -0.25) is 14.2 Å². The maximum atomic E-state index is 13.0. The Hall–Kier alpha value is -2.48. The summed E-state index contributed by atoms with van der Waals surface area (Å²) in [5.74, 6) is 2.11. The molecule has 1 aliphatic heterocycles. The Morgan fingerprint density at radius 2 is 2.07 bits per heavy atom. The molecule has 0 aliphatic carbocycles. The average molecular weight is 389 g/mol. The number of nitrogens with zero attached hydrogens (tertiary/aromatic N) is 3. The summed E-state index contributed by atoms with van der Waals surface area (Å²) in [7, 11) is 3.22. The summed E-state index contributed by atoms with van der Waals surface area (Å²) in [5, 5.41) is -0.183. The Kier molecular flexibility index (Phi) is 5.74. The Balaban J connectivity index is 1.88. The van der Waals surface area contributed by atoms with Gasteiger partial charge in [-0.05, 0) is 32.0 Å². The molecule has 0 saturated carbocycles. The van der Waals surface area contributed by atoms with Crippen molar-refractivity contribution in [2.24, 2.45) is 0 Å². The van der Waals surface area contributed by atoms with Gasteiger partial charge in [-0.25, -0.2) is 4.98 Å². The normalized spacial score (nSPS) is 16.4. The standard InChI is InChI=1S/C19H23N3O4S/c1-12-13(2)20-11-21(18(12)24)10-17(23)22-7-8-27-19(22)15-9-14(25-3)5-6-16(15)26-4/h5-6,9,11,19H,7-8,10H2,1-4H3. The van der Waals surface area contributed by atoms with Crippen molar-refractivity contribution in [2.75, 3.05) is 26.5 Å². The highest BCUT2D eigenvalue weighted by molar-refractivity contribution is 7.99. The first-order valence-electron chi connectivity index (χ1n) is 8.62. The predicted molar refractivity (Wildman–Crippen MR) is 104 cm³/mol. The van der Waals surface area contributed by atoms with E-state index in [4.69, 9.17) is 9.47 Å². The molecule has 2 aromatic rings. The molecule has 1 fully saturated rings. The summed E-state index contributed by atoms with van der Waals surface area (Å²) >= 11 is 1.67. The van der Waals surface area contributed by atoms with E-state index < -0.39 is 0 Å². The van der Waals surface area contributed by atoms with Crippen LogP contribution >= 0.6 is 11.8 Å². The number of carbonyl (C=O) groups is 1. The lowest BCUT2D eigenvalue weighted by atomic mass is 10.1. The van der Waals surface area contributed by atoms with Crippen LogP contribution in [0.2, 0.25) is 0 Å². The largest absolute Gasteiger partial charge is 0.497 e. The van der Waals surface area contributed by atoms with E-state index in [2.05, 4.69) is 4.98 Å². The van der Waals surface area contributed by atoms with Crippen LogP contribution in [0.15, 0.2) is 29.3 Å². The number of rotatable bonds is 5. The number of carbonyl (C=O) groups excluding carboxylic acids is 1. The van der Waals surface area contributed by atoms with Crippen molar-refractivity contribution in [3.63, 3.8) is 0 Å². The molecule has 3 rings (SSSR count). The van der Waals surface area contributed by atoms with Gasteiger partial charge in [0.15, 0.2) is 0 Å². The lowest BCUT2D eigenvalue weighted by molar-refractivity contribution is -0.132. The molecular formula is C19H23N3O4S. The van der Waals surface area contributed by atoms with E-state index in [0.717, 1.165) is 11.3 Å². The lowest BCUT2D eigenvalue weighted by Gasteiger charge is -2.26. The monoisotopic (exact) mass is 389 g/mol. The Morgan fingerprint density at radius 1 is 1.30 bits per heavy atom. The third-order valence-electron chi connectivity index (χ3n) is 4.73. The van der Waals surface area contributed by atoms with Crippen LogP contribution in [0.5, 0.6) is 11.5 Å². The predicted octanol–water partition coefficient (Wildman–Crippen LogP) is 2.15. The van der Waals surface area contributed by atoms with Gasteiger partial charge in [0.05, 0.1) is 20.5 Å². The number of thioether (sulfide) groups is 1. The van der Waals surface area contributed by atoms with Gasteiger partial charge in [0.1, 0.15) is 23.4 Å². The number of hydrogen-bond donors (Lipinski definition) is 0. The molecule has 8 heteroatoms. The molecule has 1 saturated heterocycles. The molecule has 0 spiro atoms. The van der Waals surface area contributed by atoms with Gasteiger partial charge in [-0.15, -0.1) is 11.8 Å². The minimum absolute atomic E-state index is 0.0315. The Morgan fingerprint density at radius 3 is 2.78 bits per heavy atom. The van der Waals surface area contributed by atoms with Gasteiger partial charge in [0, 0.05) is 29.1 Å². The van der Waals surface area contributed by atoms with Crippen LogP contribution < -0.4 is 15.0 Å². The number of ether oxygens (including phenoxy) is 2. The zero-order valence-corrected chi connectivity index (χ0v) is 16.7. The van der Waals surface area contributed by atoms with Gasteiger partial charge >= 0.3 is 0 Å². The molecule has 0 bridgehead atoms. The number of methoxy groups -OCH3 is 2. The van der Waals surface area contributed by atoms with Crippen LogP contribution in [0, 0.1) is 13.8 Å². The van der Waals surface area contributed by atoms with Gasteiger partial charge < -0.3 is 14.4 Å². The highest BCUT2D eigenvalue weighted by Crippen LogP contribution is 2.43. The first kappa shape index (κ1) is 19.3. The summed E-state index contributed by atoms with van der Waals surface area (Å²) in [6.07, 6.45) is 1.44. The maximum absolute atomic E-state index is 13.0. The zero-order valence-electron chi connectivity index (χ0n) is 15.9. The zero-order chi connectivity index (χ0) is 19.6. The van der Waals surface area contributed by atoms with Gasteiger partial charge in [-0.2, -0.15) is 0 Å². The third kappa shape index (κ3) is 3.80. The Bertz CT molecular complexity index is 912. The fourth-order valence-electron chi connectivity index (χ4n) is 3.04. The SMILES string of the molecule is COc1ccc(OC)c(C2SCCN2C(=O)Cn2cnc(C)c(C)c2=O)c1. The molecule has 1 amide bonds. The second-order valence-corrected chi connectivity index (χ2v) is 7.49. The van der Waals surface area contributed by atoms with Gasteiger partial charge in [0.2, 0.25) is 5.91 Å². The number of aryl methyl sites for hydroxylation is 1. The highest BCUT2D eigenvalue weighted by Gasteiger charge is 2.33. The fourth-order valence-corrected chi connectivity index (χ4v) is 4.33. The molecule has 1 unspecified atom stereocenters. The first-order chi connectivity index (χ1) is 13.0. The molecule has 0 radical (unpaired) electrons.